The van der Waals surface area contributed by atoms with Crippen LogP contribution in [0, 0.1) is 25.7 Å². The molecule has 30 heavy (non-hydrogen) atoms. The fourth-order valence-corrected chi connectivity index (χ4v) is 5.70. The van der Waals surface area contributed by atoms with Crippen molar-refractivity contribution in [2.75, 3.05) is 20.2 Å². The summed E-state index contributed by atoms with van der Waals surface area (Å²) in [4.78, 5) is 12.8. The van der Waals surface area contributed by atoms with Crippen molar-refractivity contribution in [1.29, 1.82) is 0 Å². The summed E-state index contributed by atoms with van der Waals surface area (Å²) in [7, 11) is -2.03. The van der Waals surface area contributed by atoms with Crippen LogP contribution < -0.4 is 10.1 Å². The minimum Gasteiger partial charge on any atom is -0.497 e. The summed E-state index contributed by atoms with van der Waals surface area (Å²) in [6.07, 6.45) is 1.27. The van der Waals surface area contributed by atoms with Crippen LogP contribution in [0.2, 0.25) is 0 Å². The fourth-order valence-electron chi connectivity index (χ4n) is 3.93. The third kappa shape index (κ3) is 4.67. The van der Waals surface area contributed by atoms with Crippen molar-refractivity contribution < 1.29 is 22.5 Å². The lowest BCUT2D eigenvalue weighted by Crippen LogP contribution is -2.42. The van der Waals surface area contributed by atoms with E-state index in [1.54, 1.807) is 21.0 Å². The molecule has 1 amide bonds. The number of piperidine rings is 1. The molecular formula is C21H29N3O5S. The van der Waals surface area contributed by atoms with E-state index in [-0.39, 0.29) is 22.6 Å². The van der Waals surface area contributed by atoms with E-state index in [0.717, 1.165) is 11.3 Å². The first-order valence-electron chi connectivity index (χ1n) is 10.1. The van der Waals surface area contributed by atoms with E-state index >= 15 is 0 Å². The average Bonchev–Trinajstić information content (AvgIpc) is 3.10. The van der Waals surface area contributed by atoms with Crippen molar-refractivity contribution in [2.45, 2.75) is 45.1 Å². The molecule has 2 aromatic rings. The zero-order valence-electron chi connectivity index (χ0n) is 17.8. The number of rotatable bonds is 7. The standard InChI is InChI=1S/C21H29N3O5S/c1-14(21(25)22-13-17-6-5-7-19(12-17)28-4)18-8-10-24(11-9-18)30(26,27)20-15(2)23-29-16(20)3/h5-7,12,14,18H,8-11,13H2,1-4H3,(H,22,25)/t14-/m0/s1. The number of ether oxygens (including phenoxy) is 1. The van der Waals surface area contributed by atoms with Gasteiger partial charge in [-0.15, -0.1) is 0 Å². The molecule has 0 spiro atoms. The summed E-state index contributed by atoms with van der Waals surface area (Å²) in [5, 5.41) is 6.74. The first-order valence-corrected chi connectivity index (χ1v) is 11.5. The van der Waals surface area contributed by atoms with Gasteiger partial charge in [0.05, 0.1) is 7.11 Å². The number of amides is 1. The van der Waals surface area contributed by atoms with Crippen LogP contribution in [-0.2, 0) is 21.4 Å². The van der Waals surface area contributed by atoms with Crippen molar-refractivity contribution in [2.24, 2.45) is 11.8 Å². The Morgan fingerprint density at radius 1 is 1.33 bits per heavy atom. The molecule has 0 aliphatic carbocycles. The van der Waals surface area contributed by atoms with Crippen LogP contribution >= 0.6 is 0 Å². The Morgan fingerprint density at radius 3 is 2.63 bits per heavy atom. The van der Waals surface area contributed by atoms with Crippen LogP contribution in [0.5, 0.6) is 5.75 Å². The Labute approximate surface area is 177 Å². The Balaban J connectivity index is 1.55. The number of carbonyl (C=O) groups excluding carboxylic acids is 1. The predicted molar refractivity (Wildman–Crippen MR) is 111 cm³/mol. The second-order valence-corrected chi connectivity index (χ2v) is 9.63. The van der Waals surface area contributed by atoms with E-state index in [9.17, 15) is 13.2 Å². The van der Waals surface area contributed by atoms with Gasteiger partial charge in [-0.05, 0) is 50.3 Å². The number of hydrogen-bond acceptors (Lipinski definition) is 6. The van der Waals surface area contributed by atoms with Crippen LogP contribution in [-0.4, -0.2) is 44.0 Å². The molecule has 164 valence electrons. The summed E-state index contributed by atoms with van der Waals surface area (Å²) in [6.45, 7) is 6.33. The van der Waals surface area contributed by atoms with E-state index in [0.29, 0.717) is 43.9 Å². The maximum Gasteiger partial charge on any atom is 0.248 e. The molecule has 1 saturated heterocycles. The fraction of sp³-hybridized carbons (Fsp3) is 0.524. The highest BCUT2D eigenvalue weighted by Crippen LogP contribution is 2.30. The average molecular weight is 436 g/mol. The van der Waals surface area contributed by atoms with Crippen molar-refractivity contribution in [3.63, 3.8) is 0 Å². The molecular weight excluding hydrogens is 406 g/mol. The van der Waals surface area contributed by atoms with E-state index in [1.165, 1.54) is 4.31 Å². The molecule has 3 rings (SSSR count). The van der Waals surface area contributed by atoms with E-state index in [2.05, 4.69) is 10.5 Å². The number of carbonyl (C=O) groups is 1. The lowest BCUT2D eigenvalue weighted by molar-refractivity contribution is -0.126. The second kappa shape index (κ2) is 9.18. The van der Waals surface area contributed by atoms with Gasteiger partial charge in [-0.3, -0.25) is 4.79 Å². The highest BCUT2D eigenvalue weighted by molar-refractivity contribution is 7.89. The number of aromatic nitrogens is 1. The number of nitrogens with one attached hydrogen (secondary N) is 1. The van der Waals surface area contributed by atoms with Crippen LogP contribution in [0.1, 0.15) is 36.8 Å². The van der Waals surface area contributed by atoms with Gasteiger partial charge in [-0.25, -0.2) is 8.42 Å². The number of methoxy groups -OCH3 is 1. The van der Waals surface area contributed by atoms with Crippen molar-refractivity contribution in [3.8, 4) is 5.75 Å². The Hall–Kier alpha value is -2.39. The number of hydrogen-bond donors (Lipinski definition) is 1. The number of aryl methyl sites for hydroxylation is 2. The second-order valence-electron chi connectivity index (χ2n) is 7.75. The van der Waals surface area contributed by atoms with Gasteiger partial charge >= 0.3 is 0 Å². The zero-order valence-corrected chi connectivity index (χ0v) is 18.7. The van der Waals surface area contributed by atoms with Gasteiger partial charge < -0.3 is 14.6 Å². The molecule has 0 radical (unpaired) electrons. The minimum atomic E-state index is -3.64. The third-order valence-electron chi connectivity index (χ3n) is 5.79. The third-order valence-corrected chi connectivity index (χ3v) is 7.93. The van der Waals surface area contributed by atoms with Crippen molar-refractivity contribution >= 4 is 15.9 Å². The number of nitrogens with zero attached hydrogens (tertiary/aromatic N) is 2. The van der Waals surface area contributed by atoms with Gasteiger partial charge in [0, 0.05) is 25.6 Å². The quantitative estimate of drug-likeness (QED) is 0.717. The monoisotopic (exact) mass is 435 g/mol. The van der Waals surface area contributed by atoms with Crippen molar-refractivity contribution in [3.05, 3.63) is 41.3 Å². The molecule has 1 N–H and O–H groups in total. The Morgan fingerprint density at radius 2 is 2.03 bits per heavy atom. The maximum atomic E-state index is 12.9. The van der Waals surface area contributed by atoms with E-state index in [4.69, 9.17) is 9.26 Å². The molecule has 2 heterocycles. The van der Waals surface area contributed by atoms with Gasteiger partial charge in [0.25, 0.3) is 0 Å². The number of sulfonamides is 1. The van der Waals surface area contributed by atoms with Crippen LogP contribution in [0.25, 0.3) is 0 Å². The largest absolute Gasteiger partial charge is 0.497 e. The lowest BCUT2D eigenvalue weighted by Gasteiger charge is -2.33. The molecule has 0 saturated carbocycles. The molecule has 8 nitrogen and oxygen atoms in total. The van der Waals surface area contributed by atoms with E-state index in [1.807, 2.05) is 31.2 Å². The smallest absolute Gasteiger partial charge is 0.248 e. The Bertz CT molecular complexity index is 974. The lowest BCUT2D eigenvalue weighted by atomic mass is 9.85. The van der Waals surface area contributed by atoms with Crippen molar-refractivity contribution in [1.82, 2.24) is 14.8 Å². The Kier molecular flexibility index (Phi) is 6.82. The summed E-state index contributed by atoms with van der Waals surface area (Å²) in [5.41, 5.74) is 1.34. The molecule has 1 fully saturated rings. The normalized spacial score (nSPS) is 16.9. The highest BCUT2D eigenvalue weighted by atomic mass is 32.2. The molecule has 1 atom stereocenters. The number of benzene rings is 1. The first kappa shape index (κ1) is 22.3. The summed E-state index contributed by atoms with van der Waals surface area (Å²) in [6, 6.07) is 7.58. The summed E-state index contributed by atoms with van der Waals surface area (Å²) in [5.74, 6) is 0.970. The van der Waals surface area contributed by atoms with Crippen LogP contribution in [0.3, 0.4) is 0 Å². The molecule has 9 heteroatoms. The highest BCUT2D eigenvalue weighted by Gasteiger charge is 2.36. The molecule has 1 aromatic heterocycles. The van der Waals surface area contributed by atoms with Gasteiger partial charge in [0.15, 0.2) is 5.76 Å². The van der Waals surface area contributed by atoms with Gasteiger partial charge in [0.2, 0.25) is 15.9 Å². The molecule has 0 unspecified atom stereocenters. The molecule has 1 aliphatic rings. The maximum absolute atomic E-state index is 12.9. The zero-order chi connectivity index (χ0) is 21.9. The minimum absolute atomic E-state index is 0.0233. The van der Waals surface area contributed by atoms with Crippen LogP contribution in [0.4, 0.5) is 0 Å². The topological polar surface area (TPSA) is 102 Å². The van der Waals surface area contributed by atoms with Gasteiger partial charge in [0.1, 0.15) is 16.3 Å². The molecule has 1 aromatic carbocycles. The van der Waals surface area contributed by atoms with Crippen LogP contribution in [0.15, 0.2) is 33.7 Å². The van der Waals surface area contributed by atoms with Gasteiger partial charge in [-0.1, -0.05) is 24.2 Å². The summed E-state index contributed by atoms with van der Waals surface area (Å²) >= 11 is 0. The SMILES string of the molecule is COc1cccc(CNC(=O)[C@@H](C)C2CCN(S(=O)(=O)c3c(C)noc3C)CC2)c1. The van der Waals surface area contributed by atoms with E-state index < -0.39 is 10.0 Å². The summed E-state index contributed by atoms with van der Waals surface area (Å²) < 4.78 is 37.6. The predicted octanol–water partition coefficient (Wildman–Crippen LogP) is 2.65. The molecule has 0 bridgehead atoms. The van der Waals surface area contributed by atoms with Gasteiger partial charge in [-0.2, -0.15) is 4.31 Å². The first-order chi connectivity index (χ1) is 14.2. The molecule has 1 aliphatic heterocycles.